The van der Waals surface area contributed by atoms with Gasteiger partial charge in [-0.05, 0) is 42.8 Å². The highest BCUT2D eigenvalue weighted by Gasteiger charge is 2.16. The standard InChI is InChI=1S/C26H26FN3O4/c1-4-34-25-7-5-6-21(29-25)18-9-8-17(20(27)14-18)16-24-28-22-11-10-19(26(31)33-3)15-23(22)30(24)12-13-32-2/h5-11,14-15H,4,12-13,16H2,1-3H3. The zero-order chi connectivity index (χ0) is 24.1. The molecule has 176 valence electrons. The van der Waals surface area contributed by atoms with Gasteiger partial charge in [-0.2, -0.15) is 0 Å². The van der Waals surface area contributed by atoms with Crippen molar-refractivity contribution in [1.29, 1.82) is 0 Å². The Morgan fingerprint density at radius 1 is 1.06 bits per heavy atom. The van der Waals surface area contributed by atoms with Crippen LogP contribution < -0.4 is 4.74 Å². The molecule has 0 N–H and O–H groups in total. The second-order valence-corrected chi connectivity index (χ2v) is 7.64. The van der Waals surface area contributed by atoms with Crippen LogP contribution >= 0.6 is 0 Å². The molecule has 0 aliphatic rings. The maximum Gasteiger partial charge on any atom is 0.337 e. The van der Waals surface area contributed by atoms with Crippen LogP contribution in [0.3, 0.4) is 0 Å². The third kappa shape index (κ3) is 4.92. The lowest BCUT2D eigenvalue weighted by Gasteiger charge is -2.11. The number of carbonyl (C=O) groups excluding carboxylic acids is 1. The lowest BCUT2D eigenvalue weighted by atomic mass is 10.1. The summed E-state index contributed by atoms with van der Waals surface area (Å²) in [5.74, 6) is 0.410. The number of benzene rings is 2. The van der Waals surface area contributed by atoms with Gasteiger partial charge in [0, 0.05) is 31.7 Å². The molecular formula is C26H26FN3O4. The lowest BCUT2D eigenvalue weighted by molar-refractivity contribution is 0.0601. The molecule has 4 rings (SSSR count). The number of pyridine rings is 1. The quantitative estimate of drug-likeness (QED) is 0.336. The molecule has 0 aliphatic heterocycles. The van der Waals surface area contributed by atoms with E-state index in [4.69, 9.17) is 19.2 Å². The predicted molar refractivity (Wildman–Crippen MR) is 127 cm³/mol. The molecule has 2 heterocycles. The third-order valence-corrected chi connectivity index (χ3v) is 5.48. The van der Waals surface area contributed by atoms with Gasteiger partial charge in [-0.15, -0.1) is 0 Å². The molecule has 0 spiro atoms. The van der Waals surface area contributed by atoms with Gasteiger partial charge in [-0.25, -0.2) is 19.2 Å². The molecule has 0 unspecified atom stereocenters. The first-order valence-corrected chi connectivity index (χ1v) is 11.0. The van der Waals surface area contributed by atoms with Crippen LogP contribution in [-0.2, 0) is 22.4 Å². The summed E-state index contributed by atoms with van der Waals surface area (Å²) in [5.41, 5.74) is 3.72. The van der Waals surface area contributed by atoms with Crippen molar-refractivity contribution in [2.24, 2.45) is 0 Å². The Morgan fingerprint density at radius 2 is 1.91 bits per heavy atom. The molecule has 34 heavy (non-hydrogen) atoms. The molecule has 4 aromatic rings. The van der Waals surface area contributed by atoms with Crippen molar-refractivity contribution in [3.8, 4) is 17.1 Å². The van der Waals surface area contributed by atoms with Gasteiger partial charge < -0.3 is 18.8 Å². The van der Waals surface area contributed by atoms with Crippen LogP contribution in [0.25, 0.3) is 22.3 Å². The second-order valence-electron chi connectivity index (χ2n) is 7.64. The van der Waals surface area contributed by atoms with E-state index >= 15 is 4.39 Å². The van der Waals surface area contributed by atoms with Crippen molar-refractivity contribution in [2.45, 2.75) is 19.9 Å². The van der Waals surface area contributed by atoms with Gasteiger partial charge in [0.05, 0.1) is 42.6 Å². The normalized spacial score (nSPS) is 11.1. The number of hydrogen-bond acceptors (Lipinski definition) is 6. The van der Waals surface area contributed by atoms with Gasteiger partial charge in [0.25, 0.3) is 0 Å². The summed E-state index contributed by atoms with van der Waals surface area (Å²) in [4.78, 5) is 21.1. The molecular weight excluding hydrogens is 437 g/mol. The van der Waals surface area contributed by atoms with E-state index in [-0.39, 0.29) is 12.2 Å². The van der Waals surface area contributed by atoms with Crippen LogP contribution in [0.5, 0.6) is 5.88 Å². The molecule has 0 bridgehead atoms. The Balaban J connectivity index is 1.67. The van der Waals surface area contributed by atoms with E-state index in [1.165, 1.54) is 13.2 Å². The van der Waals surface area contributed by atoms with Crippen LogP contribution in [0.4, 0.5) is 4.39 Å². The average molecular weight is 464 g/mol. The second kappa shape index (κ2) is 10.4. The van der Waals surface area contributed by atoms with Crippen LogP contribution in [0, 0.1) is 5.82 Å². The van der Waals surface area contributed by atoms with Gasteiger partial charge in [-0.3, -0.25) is 0 Å². The molecule has 2 aromatic carbocycles. The van der Waals surface area contributed by atoms with E-state index in [2.05, 4.69) is 4.98 Å². The first-order valence-electron chi connectivity index (χ1n) is 11.0. The first-order chi connectivity index (χ1) is 16.5. The number of aromatic nitrogens is 3. The molecule has 0 saturated heterocycles. The van der Waals surface area contributed by atoms with Gasteiger partial charge >= 0.3 is 5.97 Å². The largest absolute Gasteiger partial charge is 0.478 e. The topological polar surface area (TPSA) is 75.5 Å². The van der Waals surface area contributed by atoms with Crippen LogP contribution in [0.1, 0.15) is 28.7 Å². The van der Waals surface area contributed by atoms with Crippen LogP contribution in [0.2, 0.25) is 0 Å². The number of halogens is 1. The Bertz CT molecular complexity index is 1320. The molecule has 0 fully saturated rings. The molecule has 0 atom stereocenters. The third-order valence-electron chi connectivity index (χ3n) is 5.48. The van der Waals surface area contributed by atoms with Crippen molar-refractivity contribution in [3.05, 3.63) is 77.4 Å². The summed E-state index contributed by atoms with van der Waals surface area (Å²) >= 11 is 0. The van der Waals surface area contributed by atoms with Gasteiger partial charge in [0.1, 0.15) is 11.6 Å². The number of imidazole rings is 1. The maximum absolute atomic E-state index is 15.1. The van der Waals surface area contributed by atoms with E-state index in [1.54, 1.807) is 37.4 Å². The highest BCUT2D eigenvalue weighted by atomic mass is 19.1. The molecule has 0 radical (unpaired) electrons. The Morgan fingerprint density at radius 3 is 2.65 bits per heavy atom. The van der Waals surface area contributed by atoms with E-state index in [1.807, 2.05) is 29.7 Å². The van der Waals surface area contributed by atoms with Crippen molar-refractivity contribution in [3.63, 3.8) is 0 Å². The average Bonchev–Trinajstić information content (AvgIpc) is 3.19. The van der Waals surface area contributed by atoms with Crippen molar-refractivity contribution in [1.82, 2.24) is 14.5 Å². The van der Waals surface area contributed by atoms with Crippen molar-refractivity contribution < 1.29 is 23.4 Å². The Hall–Kier alpha value is -3.78. The number of fused-ring (bicyclic) bond motifs is 1. The van der Waals surface area contributed by atoms with Crippen molar-refractivity contribution >= 4 is 17.0 Å². The maximum atomic E-state index is 15.1. The Kier molecular flexibility index (Phi) is 7.18. The fraction of sp³-hybridized carbons (Fsp3) is 0.269. The fourth-order valence-corrected chi connectivity index (χ4v) is 3.81. The van der Waals surface area contributed by atoms with E-state index in [0.717, 1.165) is 5.52 Å². The van der Waals surface area contributed by atoms with E-state index < -0.39 is 5.97 Å². The van der Waals surface area contributed by atoms with E-state index in [9.17, 15) is 4.79 Å². The van der Waals surface area contributed by atoms with Crippen molar-refractivity contribution in [2.75, 3.05) is 27.4 Å². The zero-order valence-electron chi connectivity index (χ0n) is 19.4. The minimum Gasteiger partial charge on any atom is -0.478 e. The summed E-state index contributed by atoms with van der Waals surface area (Å²) in [5, 5.41) is 0. The number of ether oxygens (including phenoxy) is 3. The first kappa shape index (κ1) is 23.4. The van der Waals surface area contributed by atoms with E-state index in [0.29, 0.717) is 59.4 Å². The Labute approximate surface area is 197 Å². The summed E-state index contributed by atoms with van der Waals surface area (Å²) in [6.45, 7) is 3.36. The minimum atomic E-state index is -0.424. The molecule has 2 aromatic heterocycles. The number of rotatable bonds is 9. The molecule has 0 saturated carbocycles. The summed E-state index contributed by atoms with van der Waals surface area (Å²) in [7, 11) is 2.96. The molecule has 8 heteroatoms. The summed E-state index contributed by atoms with van der Waals surface area (Å²) in [6, 6.07) is 15.7. The van der Waals surface area contributed by atoms with Crippen LogP contribution in [-0.4, -0.2) is 47.9 Å². The van der Waals surface area contributed by atoms with Gasteiger partial charge in [0.2, 0.25) is 5.88 Å². The molecule has 0 aliphatic carbocycles. The highest BCUT2D eigenvalue weighted by Crippen LogP contribution is 2.25. The number of esters is 1. The summed E-state index contributed by atoms with van der Waals surface area (Å²) in [6.07, 6.45) is 0.282. The zero-order valence-corrected chi connectivity index (χ0v) is 19.4. The number of methoxy groups -OCH3 is 2. The minimum absolute atomic E-state index is 0.282. The highest BCUT2D eigenvalue weighted by molar-refractivity contribution is 5.93. The lowest BCUT2D eigenvalue weighted by Crippen LogP contribution is -2.10. The van der Waals surface area contributed by atoms with Gasteiger partial charge in [0.15, 0.2) is 0 Å². The fourth-order valence-electron chi connectivity index (χ4n) is 3.81. The number of hydrogen-bond donors (Lipinski definition) is 0. The van der Waals surface area contributed by atoms with Gasteiger partial charge in [-0.1, -0.05) is 18.2 Å². The number of carbonyl (C=O) groups is 1. The predicted octanol–water partition coefficient (Wildman–Crippen LogP) is 4.66. The SMILES string of the molecule is CCOc1cccc(-c2ccc(Cc3nc4ccc(C(=O)OC)cc4n3CCOC)c(F)c2)n1. The number of nitrogens with zero attached hydrogens (tertiary/aromatic N) is 3. The van der Waals surface area contributed by atoms with Crippen LogP contribution in [0.15, 0.2) is 54.6 Å². The monoisotopic (exact) mass is 463 g/mol. The molecule has 7 nitrogen and oxygen atoms in total. The smallest absolute Gasteiger partial charge is 0.337 e. The molecule has 0 amide bonds. The summed E-state index contributed by atoms with van der Waals surface area (Å²) < 4.78 is 32.6.